The van der Waals surface area contributed by atoms with Gasteiger partial charge in [-0.05, 0) is 46.0 Å². The van der Waals surface area contributed by atoms with Gasteiger partial charge in [-0.15, -0.1) is 5.10 Å². The summed E-state index contributed by atoms with van der Waals surface area (Å²) < 4.78 is 7.46. The molecule has 6 heteroatoms. The predicted octanol–water partition coefficient (Wildman–Crippen LogP) is 3.11. The Kier molecular flexibility index (Phi) is 11.1. The van der Waals surface area contributed by atoms with Crippen molar-refractivity contribution in [3.63, 3.8) is 0 Å². The summed E-state index contributed by atoms with van der Waals surface area (Å²) in [5, 5.41) is 11.1. The molecule has 1 rings (SSSR count). The third-order valence-corrected chi connectivity index (χ3v) is 3.93. The maximum atomic E-state index is 11.1. The van der Waals surface area contributed by atoms with Crippen LogP contribution in [0.5, 0.6) is 0 Å². The van der Waals surface area contributed by atoms with Crippen molar-refractivity contribution < 1.29 is 9.53 Å². The number of aromatic nitrogens is 3. The molecule has 1 aromatic rings. The summed E-state index contributed by atoms with van der Waals surface area (Å²) in [4.78, 5) is 11.1. The van der Waals surface area contributed by atoms with Crippen molar-refractivity contribution in [1.29, 1.82) is 0 Å². The Labute approximate surface area is 146 Å². The van der Waals surface area contributed by atoms with E-state index >= 15 is 0 Å². The van der Waals surface area contributed by atoms with E-state index < -0.39 is 0 Å². The van der Waals surface area contributed by atoms with Crippen LogP contribution in [0.4, 0.5) is 0 Å². The SMILES string of the molecule is CNC(=O)CCCCCn1cc(CCCCCCOC(C)C)nn1. The van der Waals surface area contributed by atoms with Gasteiger partial charge in [-0.1, -0.05) is 24.5 Å². The maximum Gasteiger partial charge on any atom is 0.219 e. The highest BCUT2D eigenvalue weighted by Crippen LogP contribution is 2.07. The highest BCUT2D eigenvalue weighted by atomic mass is 16.5. The molecule has 0 aliphatic rings. The van der Waals surface area contributed by atoms with Crippen molar-refractivity contribution in [2.45, 2.75) is 84.3 Å². The van der Waals surface area contributed by atoms with Gasteiger partial charge in [-0.3, -0.25) is 9.48 Å². The highest BCUT2D eigenvalue weighted by Gasteiger charge is 2.02. The number of carbonyl (C=O) groups is 1. The number of unbranched alkanes of at least 4 members (excludes halogenated alkanes) is 5. The van der Waals surface area contributed by atoms with Gasteiger partial charge in [0.05, 0.1) is 11.8 Å². The second-order valence-electron chi connectivity index (χ2n) is 6.54. The summed E-state index contributed by atoms with van der Waals surface area (Å²) >= 11 is 0. The largest absolute Gasteiger partial charge is 0.379 e. The molecule has 0 saturated carbocycles. The molecule has 1 amide bonds. The van der Waals surface area contributed by atoms with E-state index in [0.29, 0.717) is 12.5 Å². The summed E-state index contributed by atoms with van der Waals surface area (Å²) in [5.41, 5.74) is 1.08. The van der Waals surface area contributed by atoms with Crippen molar-refractivity contribution in [3.8, 4) is 0 Å². The van der Waals surface area contributed by atoms with Crippen LogP contribution in [0.1, 0.15) is 70.9 Å². The molecular weight excluding hydrogens is 304 g/mol. The molecule has 0 radical (unpaired) electrons. The van der Waals surface area contributed by atoms with Gasteiger partial charge < -0.3 is 10.1 Å². The zero-order valence-corrected chi connectivity index (χ0v) is 15.6. The normalized spacial score (nSPS) is 11.2. The molecule has 0 saturated heterocycles. The first-order valence-corrected chi connectivity index (χ1v) is 9.33. The fraction of sp³-hybridized carbons (Fsp3) is 0.833. The number of amides is 1. The van der Waals surface area contributed by atoms with Crippen LogP contribution in [-0.2, 0) is 22.5 Å². The Balaban J connectivity index is 2.02. The molecule has 0 bridgehead atoms. The van der Waals surface area contributed by atoms with Gasteiger partial charge in [0, 0.05) is 32.8 Å². The van der Waals surface area contributed by atoms with Gasteiger partial charge in [0.2, 0.25) is 5.91 Å². The molecule has 6 nitrogen and oxygen atoms in total. The van der Waals surface area contributed by atoms with Gasteiger partial charge in [0.15, 0.2) is 0 Å². The molecule has 0 atom stereocenters. The first kappa shape index (κ1) is 20.6. The van der Waals surface area contributed by atoms with Crippen molar-refractivity contribution in [3.05, 3.63) is 11.9 Å². The zero-order chi connectivity index (χ0) is 17.6. The van der Waals surface area contributed by atoms with Crippen LogP contribution >= 0.6 is 0 Å². The fourth-order valence-electron chi connectivity index (χ4n) is 2.50. The first-order valence-electron chi connectivity index (χ1n) is 9.33. The van der Waals surface area contributed by atoms with E-state index in [-0.39, 0.29) is 5.91 Å². The zero-order valence-electron chi connectivity index (χ0n) is 15.6. The van der Waals surface area contributed by atoms with Gasteiger partial charge in [-0.25, -0.2) is 0 Å². The van der Waals surface area contributed by atoms with Crippen molar-refractivity contribution in [2.24, 2.45) is 0 Å². The number of hydrogen-bond acceptors (Lipinski definition) is 4. The molecule has 24 heavy (non-hydrogen) atoms. The summed E-state index contributed by atoms with van der Waals surface area (Å²) in [7, 11) is 1.68. The van der Waals surface area contributed by atoms with E-state index in [4.69, 9.17) is 4.74 Å². The third-order valence-electron chi connectivity index (χ3n) is 3.93. The molecule has 0 aliphatic carbocycles. The number of ether oxygens (including phenoxy) is 1. The highest BCUT2D eigenvalue weighted by molar-refractivity contribution is 5.75. The molecule has 0 spiro atoms. The summed E-state index contributed by atoms with van der Waals surface area (Å²) in [6.45, 7) is 5.90. The number of rotatable bonds is 14. The van der Waals surface area contributed by atoms with Crippen molar-refractivity contribution in [2.75, 3.05) is 13.7 Å². The summed E-state index contributed by atoms with van der Waals surface area (Å²) in [6.07, 6.45) is 11.7. The lowest BCUT2D eigenvalue weighted by atomic mass is 10.1. The molecular formula is C18H34N4O2. The first-order chi connectivity index (χ1) is 11.6. The van der Waals surface area contributed by atoms with E-state index in [9.17, 15) is 4.79 Å². The van der Waals surface area contributed by atoms with Crippen molar-refractivity contribution in [1.82, 2.24) is 20.3 Å². The molecule has 1 aromatic heterocycles. The number of hydrogen-bond donors (Lipinski definition) is 1. The van der Waals surface area contributed by atoms with Crippen LogP contribution in [0.25, 0.3) is 0 Å². The number of carbonyl (C=O) groups excluding carboxylic acids is 1. The number of aryl methyl sites for hydroxylation is 2. The van der Waals surface area contributed by atoms with E-state index in [1.54, 1.807) is 7.05 Å². The maximum absolute atomic E-state index is 11.1. The van der Waals surface area contributed by atoms with E-state index in [0.717, 1.165) is 57.4 Å². The second-order valence-corrected chi connectivity index (χ2v) is 6.54. The van der Waals surface area contributed by atoms with Crippen molar-refractivity contribution >= 4 is 5.91 Å². The van der Waals surface area contributed by atoms with Gasteiger partial charge in [0.25, 0.3) is 0 Å². The minimum Gasteiger partial charge on any atom is -0.379 e. The minimum atomic E-state index is 0.119. The lowest BCUT2D eigenvalue weighted by Crippen LogP contribution is -2.16. The van der Waals surface area contributed by atoms with Crippen LogP contribution < -0.4 is 5.32 Å². The molecule has 0 aliphatic heterocycles. The summed E-state index contributed by atoms with van der Waals surface area (Å²) in [6, 6.07) is 0. The Morgan fingerprint density at radius 3 is 2.67 bits per heavy atom. The van der Waals surface area contributed by atoms with E-state index in [1.165, 1.54) is 12.8 Å². The number of nitrogens with one attached hydrogen (secondary N) is 1. The lowest BCUT2D eigenvalue weighted by molar-refractivity contribution is -0.120. The van der Waals surface area contributed by atoms with Gasteiger partial charge >= 0.3 is 0 Å². The van der Waals surface area contributed by atoms with Crippen LogP contribution in [0.2, 0.25) is 0 Å². The third kappa shape index (κ3) is 10.4. The van der Waals surface area contributed by atoms with Crippen LogP contribution in [-0.4, -0.2) is 40.7 Å². The van der Waals surface area contributed by atoms with Crippen LogP contribution in [0.3, 0.4) is 0 Å². The Morgan fingerprint density at radius 2 is 1.92 bits per heavy atom. The fourth-order valence-corrected chi connectivity index (χ4v) is 2.50. The Morgan fingerprint density at radius 1 is 1.17 bits per heavy atom. The van der Waals surface area contributed by atoms with Crippen LogP contribution in [0.15, 0.2) is 6.20 Å². The summed E-state index contributed by atoms with van der Waals surface area (Å²) in [5.74, 6) is 0.119. The minimum absolute atomic E-state index is 0.119. The molecule has 0 aromatic carbocycles. The second kappa shape index (κ2) is 12.9. The van der Waals surface area contributed by atoms with Gasteiger partial charge in [-0.2, -0.15) is 0 Å². The van der Waals surface area contributed by atoms with Crippen LogP contribution in [0, 0.1) is 0 Å². The predicted molar refractivity (Wildman–Crippen MR) is 95.8 cm³/mol. The molecule has 138 valence electrons. The average Bonchev–Trinajstić information content (AvgIpc) is 3.00. The van der Waals surface area contributed by atoms with E-state index in [1.807, 2.05) is 4.68 Å². The molecule has 0 fully saturated rings. The Hall–Kier alpha value is -1.43. The van der Waals surface area contributed by atoms with E-state index in [2.05, 4.69) is 35.7 Å². The monoisotopic (exact) mass is 338 g/mol. The lowest BCUT2D eigenvalue weighted by Gasteiger charge is -2.06. The number of nitrogens with zero attached hydrogens (tertiary/aromatic N) is 3. The average molecular weight is 338 g/mol. The molecule has 1 heterocycles. The topological polar surface area (TPSA) is 69.0 Å². The quantitative estimate of drug-likeness (QED) is 0.529. The molecule has 0 unspecified atom stereocenters. The van der Waals surface area contributed by atoms with Gasteiger partial charge in [0.1, 0.15) is 0 Å². The Bertz CT molecular complexity index is 446. The smallest absolute Gasteiger partial charge is 0.219 e. The molecule has 1 N–H and O–H groups in total. The standard InChI is InChI=1S/C18H34N4O2/c1-16(2)24-14-10-5-4-7-11-17-15-22(21-20-17)13-9-6-8-12-18(23)19-3/h15-16H,4-14H2,1-3H3,(H,19,23).